The van der Waals surface area contributed by atoms with Crippen molar-refractivity contribution in [2.75, 3.05) is 7.11 Å². The lowest BCUT2D eigenvalue weighted by atomic mass is 10.1. The molecule has 1 unspecified atom stereocenters. The van der Waals surface area contributed by atoms with Crippen LogP contribution < -0.4 is 16.0 Å². The summed E-state index contributed by atoms with van der Waals surface area (Å²) in [7, 11) is 1.24. The highest BCUT2D eigenvalue weighted by atomic mass is 19.4. The highest BCUT2D eigenvalue weighted by molar-refractivity contribution is 5.31. The van der Waals surface area contributed by atoms with Gasteiger partial charge in [0.1, 0.15) is 6.04 Å². The Morgan fingerprint density at radius 3 is 2.53 bits per heavy atom. The zero-order valence-corrected chi connectivity index (χ0v) is 9.01. The molecule has 96 valence electrons. The normalized spacial score (nSPS) is 13.5. The van der Waals surface area contributed by atoms with Crippen molar-refractivity contribution in [2.45, 2.75) is 18.6 Å². The summed E-state index contributed by atoms with van der Waals surface area (Å²) < 4.78 is 55.5. The largest absolute Gasteiger partial charge is 0.494 e. The molecule has 0 bridgehead atoms. The van der Waals surface area contributed by atoms with E-state index in [9.17, 15) is 17.6 Å². The van der Waals surface area contributed by atoms with E-state index in [-0.39, 0.29) is 11.3 Å². The van der Waals surface area contributed by atoms with Gasteiger partial charge >= 0.3 is 6.18 Å². The molecule has 1 aromatic rings. The smallest absolute Gasteiger partial charge is 0.405 e. The summed E-state index contributed by atoms with van der Waals surface area (Å²) in [6.45, 7) is 0. The van der Waals surface area contributed by atoms with Gasteiger partial charge in [0, 0.05) is 6.42 Å². The molecule has 0 amide bonds. The predicted molar refractivity (Wildman–Crippen MR) is 53.8 cm³/mol. The molecule has 0 saturated heterocycles. The minimum absolute atomic E-state index is 0.0968. The number of methoxy groups -OCH3 is 1. The van der Waals surface area contributed by atoms with Gasteiger partial charge in [-0.3, -0.25) is 5.84 Å². The molecule has 0 saturated carbocycles. The topological polar surface area (TPSA) is 47.3 Å². The van der Waals surface area contributed by atoms with Crippen LogP contribution >= 0.6 is 0 Å². The third kappa shape index (κ3) is 3.31. The number of hydrazine groups is 1. The van der Waals surface area contributed by atoms with Crippen molar-refractivity contribution in [3.8, 4) is 5.75 Å². The minimum Gasteiger partial charge on any atom is -0.494 e. The molecule has 3 nitrogen and oxygen atoms in total. The summed E-state index contributed by atoms with van der Waals surface area (Å²) >= 11 is 0. The molecule has 0 radical (unpaired) electrons. The number of benzene rings is 1. The van der Waals surface area contributed by atoms with Gasteiger partial charge in [-0.15, -0.1) is 0 Å². The van der Waals surface area contributed by atoms with E-state index in [0.717, 1.165) is 0 Å². The lowest BCUT2D eigenvalue weighted by molar-refractivity contribution is -0.155. The van der Waals surface area contributed by atoms with Gasteiger partial charge < -0.3 is 4.74 Å². The van der Waals surface area contributed by atoms with Crippen LogP contribution in [0.4, 0.5) is 17.6 Å². The van der Waals surface area contributed by atoms with Gasteiger partial charge in [-0.1, -0.05) is 12.1 Å². The third-order valence-electron chi connectivity index (χ3n) is 2.28. The molecule has 0 aromatic heterocycles. The first-order chi connectivity index (χ1) is 7.90. The van der Waals surface area contributed by atoms with E-state index in [1.165, 1.54) is 25.3 Å². The van der Waals surface area contributed by atoms with Crippen molar-refractivity contribution in [1.82, 2.24) is 5.43 Å². The lowest BCUT2D eigenvalue weighted by Crippen LogP contribution is -2.47. The van der Waals surface area contributed by atoms with Gasteiger partial charge in [0.25, 0.3) is 0 Å². The van der Waals surface area contributed by atoms with E-state index in [1.54, 1.807) is 5.43 Å². The van der Waals surface area contributed by atoms with Crippen LogP contribution in [0.15, 0.2) is 18.2 Å². The maximum absolute atomic E-state index is 13.6. The molecule has 0 aliphatic heterocycles. The molecule has 0 spiro atoms. The SMILES string of the molecule is COc1cccc(CC(NN)C(F)(F)F)c1F. The van der Waals surface area contributed by atoms with Crippen molar-refractivity contribution in [3.05, 3.63) is 29.6 Å². The zero-order valence-electron chi connectivity index (χ0n) is 9.01. The van der Waals surface area contributed by atoms with Gasteiger partial charge in [-0.2, -0.15) is 13.2 Å². The van der Waals surface area contributed by atoms with Gasteiger partial charge in [-0.25, -0.2) is 9.82 Å². The van der Waals surface area contributed by atoms with Crippen molar-refractivity contribution >= 4 is 0 Å². The summed E-state index contributed by atoms with van der Waals surface area (Å²) in [5, 5.41) is 0. The minimum atomic E-state index is -4.54. The van der Waals surface area contributed by atoms with Crippen LogP contribution in [0.25, 0.3) is 0 Å². The Labute approximate surface area is 95.5 Å². The number of rotatable bonds is 4. The Hall–Kier alpha value is -1.34. The van der Waals surface area contributed by atoms with Crippen molar-refractivity contribution in [2.24, 2.45) is 5.84 Å². The molecule has 0 aliphatic rings. The molecule has 7 heteroatoms. The van der Waals surface area contributed by atoms with Crippen LogP contribution in [0.2, 0.25) is 0 Å². The Morgan fingerprint density at radius 1 is 1.41 bits per heavy atom. The molecule has 0 fully saturated rings. The second-order valence-electron chi connectivity index (χ2n) is 3.40. The lowest BCUT2D eigenvalue weighted by Gasteiger charge is -2.19. The fourth-order valence-corrected chi connectivity index (χ4v) is 1.36. The van der Waals surface area contributed by atoms with Crippen LogP contribution in [0.1, 0.15) is 5.56 Å². The summed E-state index contributed by atoms with van der Waals surface area (Å²) in [5.74, 6) is 3.90. The summed E-state index contributed by atoms with van der Waals surface area (Å²) in [6.07, 6.45) is -5.13. The number of halogens is 4. The van der Waals surface area contributed by atoms with Crippen LogP contribution in [0, 0.1) is 5.82 Å². The number of ether oxygens (including phenoxy) is 1. The van der Waals surface area contributed by atoms with E-state index in [1.807, 2.05) is 0 Å². The highest BCUT2D eigenvalue weighted by Gasteiger charge is 2.39. The molecular formula is C10H12F4N2O. The number of nitrogens with two attached hydrogens (primary N) is 1. The Kier molecular flexibility index (Phi) is 4.30. The molecule has 0 aliphatic carbocycles. The Morgan fingerprint density at radius 2 is 2.06 bits per heavy atom. The fourth-order valence-electron chi connectivity index (χ4n) is 1.36. The summed E-state index contributed by atoms with van der Waals surface area (Å²) in [6, 6.07) is 2.01. The van der Waals surface area contributed by atoms with E-state index in [4.69, 9.17) is 5.84 Å². The van der Waals surface area contributed by atoms with Crippen LogP contribution in [0.3, 0.4) is 0 Å². The number of hydrogen-bond acceptors (Lipinski definition) is 3. The summed E-state index contributed by atoms with van der Waals surface area (Å²) in [5.41, 5.74) is 1.52. The van der Waals surface area contributed by atoms with Gasteiger partial charge in [0.15, 0.2) is 11.6 Å². The second kappa shape index (κ2) is 5.33. The molecule has 0 heterocycles. The van der Waals surface area contributed by atoms with E-state index in [2.05, 4.69) is 4.74 Å². The maximum Gasteiger partial charge on any atom is 0.405 e. The molecule has 3 N–H and O–H groups in total. The standard InChI is InChI=1S/C10H12F4N2O/c1-17-7-4-2-3-6(9(7)11)5-8(16-15)10(12,13)14/h2-4,8,16H,5,15H2,1H3. The third-order valence-corrected chi connectivity index (χ3v) is 2.28. The van der Waals surface area contributed by atoms with E-state index < -0.39 is 24.5 Å². The number of nitrogens with one attached hydrogen (secondary N) is 1. The highest BCUT2D eigenvalue weighted by Crippen LogP contribution is 2.26. The van der Waals surface area contributed by atoms with Gasteiger partial charge in [-0.05, 0) is 11.6 Å². The predicted octanol–water partition coefficient (Wildman–Crippen LogP) is 1.77. The zero-order chi connectivity index (χ0) is 13.1. The summed E-state index contributed by atoms with van der Waals surface area (Å²) in [4.78, 5) is 0. The maximum atomic E-state index is 13.6. The van der Waals surface area contributed by atoms with Gasteiger partial charge in [0.2, 0.25) is 0 Å². The first-order valence-corrected chi connectivity index (χ1v) is 4.74. The molecule has 1 atom stereocenters. The van der Waals surface area contributed by atoms with Gasteiger partial charge in [0.05, 0.1) is 7.11 Å². The van der Waals surface area contributed by atoms with Crippen molar-refractivity contribution in [3.63, 3.8) is 0 Å². The molecule has 17 heavy (non-hydrogen) atoms. The molecule has 1 aromatic carbocycles. The number of hydrogen-bond donors (Lipinski definition) is 2. The second-order valence-corrected chi connectivity index (χ2v) is 3.40. The monoisotopic (exact) mass is 252 g/mol. The quantitative estimate of drug-likeness (QED) is 0.488. The fraction of sp³-hybridized carbons (Fsp3) is 0.400. The molecule has 1 rings (SSSR count). The van der Waals surface area contributed by atoms with E-state index in [0.29, 0.717) is 0 Å². The first-order valence-electron chi connectivity index (χ1n) is 4.74. The molecular weight excluding hydrogens is 240 g/mol. The average Bonchev–Trinajstić information content (AvgIpc) is 2.26. The number of alkyl halides is 3. The van der Waals surface area contributed by atoms with Crippen LogP contribution in [-0.4, -0.2) is 19.3 Å². The van der Waals surface area contributed by atoms with E-state index >= 15 is 0 Å². The Balaban J connectivity index is 2.94. The Bertz CT molecular complexity index is 381. The average molecular weight is 252 g/mol. The van der Waals surface area contributed by atoms with Crippen molar-refractivity contribution in [1.29, 1.82) is 0 Å². The first kappa shape index (κ1) is 13.7. The van der Waals surface area contributed by atoms with Crippen LogP contribution in [0.5, 0.6) is 5.75 Å². The van der Waals surface area contributed by atoms with Crippen molar-refractivity contribution < 1.29 is 22.3 Å². The van der Waals surface area contributed by atoms with Crippen LogP contribution in [-0.2, 0) is 6.42 Å².